The number of hydrogen-bond acceptors (Lipinski definition) is 1. The van der Waals surface area contributed by atoms with Crippen LogP contribution in [-0.4, -0.2) is 9.55 Å². The fraction of sp³-hybridized carbons (Fsp3) is 0.0556. The van der Waals surface area contributed by atoms with Gasteiger partial charge in [-0.1, -0.05) is 48.5 Å². The van der Waals surface area contributed by atoms with Gasteiger partial charge in [-0.05, 0) is 18.2 Å². The number of aromatic nitrogens is 2. The van der Waals surface area contributed by atoms with Crippen LogP contribution in [-0.2, 0) is 7.05 Å². The van der Waals surface area contributed by atoms with Crippen LogP contribution in [0.3, 0.4) is 0 Å². The molecule has 2 aromatic heterocycles. The molecule has 2 heterocycles. The first-order valence-corrected chi connectivity index (χ1v) is 6.74. The summed E-state index contributed by atoms with van der Waals surface area (Å²) in [5.41, 5.74) is 4.43. The highest BCUT2D eigenvalue weighted by molar-refractivity contribution is 6.07. The van der Waals surface area contributed by atoms with Crippen molar-refractivity contribution in [2.24, 2.45) is 7.05 Å². The molecule has 0 aliphatic carbocycles. The zero-order valence-corrected chi connectivity index (χ0v) is 11.2. The molecule has 0 amide bonds. The molecule has 0 bridgehead atoms. The molecule has 20 heavy (non-hydrogen) atoms. The van der Waals surface area contributed by atoms with Crippen molar-refractivity contribution in [3.8, 4) is 11.3 Å². The maximum absolute atomic E-state index is 4.85. The molecule has 4 aromatic rings. The number of fused-ring (bicyclic) bond motifs is 3. The summed E-state index contributed by atoms with van der Waals surface area (Å²) in [5.74, 6) is 0. The predicted octanol–water partition coefficient (Wildman–Crippen LogP) is 4.39. The molecule has 0 radical (unpaired) electrons. The van der Waals surface area contributed by atoms with Gasteiger partial charge in [-0.3, -0.25) is 0 Å². The Bertz CT molecular complexity index is 905. The normalized spacial score (nSPS) is 11.2. The van der Waals surface area contributed by atoms with Crippen LogP contribution in [0.25, 0.3) is 33.2 Å². The van der Waals surface area contributed by atoms with Crippen molar-refractivity contribution >= 4 is 21.9 Å². The average Bonchev–Trinajstić information content (AvgIpc) is 2.81. The quantitative estimate of drug-likeness (QED) is 0.495. The Balaban J connectivity index is 2.05. The van der Waals surface area contributed by atoms with Crippen molar-refractivity contribution in [1.82, 2.24) is 9.55 Å². The van der Waals surface area contributed by atoms with E-state index < -0.39 is 0 Å². The van der Waals surface area contributed by atoms with Gasteiger partial charge >= 0.3 is 0 Å². The molecule has 4 rings (SSSR count). The number of benzene rings is 2. The smallest absolute Gasteiger partial charge is 0.141 e. The molecule has 0 fully saturated rings. The van der Waals surface area contributed by atoms with Crippen LogP contribution in [0.15, 0.2) is 66.7 Å². The third kappa shape index (κ3) is 1.55. The van der Waals surface area contributed by atoms with Gasteiger partial charge < -0.3 is 4.57 Å². The van der Waals surface area contributed by atoms with E-state index in [1.165, 1.54) is 16.3 Å². The summed E-state index contributed by atoms with van der Waals surface area (Å²) in [4.78, 5) is 4.85. The summed E-state index contributed by atoms with van der Waals surface area (Å²) in [5, 5.41) is 2.47. The lowest BCUT2D eigenvalue weighted by molar-refractivity contribution is 0.991. The van der Waals surface area contributed by atoms with Crippen molar-refractivity contribution in [2.45, 2.75) is 0 Å². The van der Waals surface area contributed by atoms with Gasteiger partial charge in [0.25, 0.3) is 0 Å². The monoisotopic (exact) mass is 258 g/mol. The average molecular weight is 258 g/mol. The van der Waals surface area contributed by atoms with Crippen molar-refractivity contribution in [1.29, 1.82) is 0 Å². The number of nitrogens with zero attached hydrogens (tertiary/aromatic N) is 2. The number of hydrogen-bond donors (Lipinski definition) is 0. The van der Waals surface area contributed by atoms with Crippen LogP contribution in [0, 0.1) is 0 Å². The van der Waals surface area contributed by atoms with E-state index in [-0.39, 0.29) is 0 Å². The van der Waals surface area contributed by atoms with Crippen LogP contribution < -0.4 is 0 Å². The highest BCUT2D eigenvalue weighted by Gasteiger charge is 2.09. The molecule has 0 atom stereocenters. The lowest BCUT2D eigenvalue weighted by Gasteiger charge is -2.02. The number of pyridine rings is 1. The Hall–Kier alpha value is -2.61. The molecule has 0 saturated heterocycles. The maximum atomic E-state index is 4.85. The summed E-state index contributed by atoms with van der Waals surface area (Å²) in [6.45, 7) is 0. The third-order valence-electron chi connectivity index (χ3n) is 3.82. The summed E-state index contributed by atoms with van der Waals surface area (Å²) in [6.07, 6.45) is 0. The SMILES string of the molecule is Cn1c2ccccc2c2ccc(-c3ccccc3)nc21. The summed E-state index contributed by atoms with van der Waals surface area (Å²) < 4.78 is 2.16. The zero-order valence-electron chi connectivity index (χ0n) is 11.2. The van der Waals surface area contributed by atoms with E-state index in [4.69, 9.17) is 4.98 Å². The standard InChI is InChI=1S/C18H14N2/c1-20-17-10-6-5-9-14(17)15-11-12-16(19-18(15)20)13-7-3-2-4-8-13/h2-12H,1H3. The Labute approximate surface area is 117 Å². The first kappa shape index (κ1) is 11.2. The molecular weight excluding hydrogens is 244 g/mol. The molecule has 96 valence electrons. The van der Waals surface area contributed by atoms with E-state index in [9.17, 15) is 0 Å². The summed E-state index contributed by atoms with van der Waals surface area (Å²) >= 11 is 0. The second-order valence-electron chi connectivity index (χ2n) is 5.01. The summed E-state index contributed by atoms with van der Waals surface area (Å²) in [7, 11) is 2.08. The molecule has 0 aliphatic heterocycles. The molecular formula is C18H14N2. The van der Waals surface area contributed by atoms with Gasteiger partial charge in [0.15, 0.2) is 0 Å². The van der Waals surface area contributed by atoms with Crippen molar-refractivity contribution in [3.63, 3.8) is 0 Å². The Morgan fingerprint density at radius 1 is 0.750 bits per heavy atom. The van der Waals surface area contributed by atoms with Gasteiger partial charge in [0.1, 0.15) is 5.65 Å². The van der Waals surface area contributed by atoms with Gasteiger partial charge in [0, 0.05) is 23.4 Å². The predicted molar refractivity (Wildman–Crippen MR) is 83.7 cm³/mol. The molecule has 0 saturated carbocycles. The largest absolute Gasteiger partial charge is 0.328 e. The van der Waals surface area contributed by atoms with Gasteiger partial charge in [-0.15, -0.1) is 0 Å². The maximum Gasteiger partial charge on any atom is 0.141 e. The topological polar surface area (TPSA) is 17.8 Å². The molecule has 2 aromatic carbocycles. The number of para-hydroxylation sites is 1. The third-order valence-corrected chi connectivity index (χ3v) is 3.82. The number of rotatable bonds is 1. The zero-order chi connectivity index (χ0) is 13.5. The number of aryl methyl sites for hydroxylation is 1. The van der Waals surface area contributed by atoms with Gasteiger partial charge in [0.05, 0.1) is 11.2 Å². The Kier molecular flexibility index (Phi) is 2.36. The molecule has 0 aliphatic rings. The molecule has 0 unspecified atom stereocenters. The first-order chi connectivity index (χ1) is 9.84. The van der Waals surface area contributed by atoms with Gasteiger partial charge in [0.2, 0.25) is 0 Å². The van der Waals surface area contributed by atoms with E-state index in [2.05, 4.69) is 60.1 Å². The minimum atomic E-state index is 1.02. The lowest BCUT2D eigenvalue weighted by atomic mass is 10.1. The van der Waals surface area contributed by atoms with E-state index in [0.29, 0.717) is 0 Å². The second kappa shape index (κ2) is 4.20. The first-order valence-electron chi connectivity index (χ1n) is 6.74. The van der Waals surface area contributed by atoms with Crippen LogP contribution >= 0.6 is 0 Å². The molecule has 2 heteroatoms. The fourth-order valence-electron chi connectivity index (χ4n) is 2.79. The molecule has 2 nitrogen and oxygen atoms in total. The van der Waals surface area contributed by atoms with Crippen LogP contribution in [0.5, 0.6) is 0 Å². The van der Waals surface area contributed by atoms with Crippen LogP contribution in [0.1, 0.15) is 0 Å². The fourth-order valence-corrected chi connectivity index (χ4v) is 2.79. The van der Waals surface area contributed by atoms with Gasteiger partial charge in [-0.2, -0.15) is 0 Å². The van der Waals surface area contributed by atoms with E-state index in [1.54, 1.807) is 0 Å². The molecule has 0 spiro atoms. The highest BCUT2D eigenvalue weighted by atomic mass is 15.0. The highest BCUT2D eigenvalue weighted by Crippen LogP contribution is 2.28. The van der Waals surface area contributed by atoms with Gasteiger partial charge in [-0.25, -0.2) is 4.98 Å². The lowest BCUT2D eigenvalue weighted by Crippen LogP contribution is -1.91. The second-order valence-corrected chi connectivity index (χ2v) is 5.01. The van der Waals surface area contributed by atoms with E-state index >= 15 is 0 Å². The molecule has 0 N–H and O–H groups in total. The Morgan fingerprint density at radius 3 is 2.35 bits per heavy atom. The van der Waals surface area contributed by atoms with Crippen LogP contribution in [0.2, 0.25) is 0 Å². The van der Waals surface area contributed by atoms with Crippen molar-refractivity contribution in [2.75, 3.05) is 0 Å². The van der Waals surface area contributed by atoms with Crippen LogP contribution in [0.4, 0.5) is 0 Å². The van der Waals surface area contributed by atoms with Crippen molar-refractivity contribution in [3.05, 3.63) is 66.7 Å². The van der Waals surface area contributed by atoms with E-state index in [0.717, 1.165) is 16.9 Å². The Morgan fingerprint density at radius 2 is 1.50 bits per heavy atom. The minimum Gasteiger partial charge on any atom is -0.328 e. The minimum absolute atomic E-state index is 1.02. The van der Waals surface area contributed by atoms with Crippen molar-refractivity contribution < 1.29 is 0 Å². The van der Waals surface area contributed by atoms with E-state index in [1.807, 2.05) is 18.2 Å². The summed E-state index contributed by atoms with van der Waals surface area (Å²) in [6, 6.07) is 23.0.